The monoisotopic (exact) mass is 212 g/mol. The van der Waals surface area contributed by atoms with Gasteiger partial charge in [-0.25, -0.2) is 4.79 Å². The molecule has 0 atom stereocenters. The van der Waals surface area contributed by atoms with Crippen LogP contribution in [0.15, 0.2) is 21.5 Å². The Kier molecular flexibility index (Phi) is 3.91. The lowest BCUT2D eigenvalue weighted by molar-refractivity contribution is -0.142. The lowest BCUT2D eigenvalue weighted by Gasteiger charge is -2.06. The topological polar surface area (TPSA) is 65.7 Å². The summed E-state index contributed by atoms with van der Waals surface area (Å²) in [4.78, 5) is 22.2. The van der Waals surface area contributed by atoms with Crippen molar-refractivity contribution in [3.63, 3.8) is 0 Å². The van der Waals surface area contributed by atoms with Crippen LogP contribution < -0.4 is 10.2 Å². The number of hydrogen-bond acceptors (Lipinski definition) is 5. The van der Waals surface area contributed by atoms with Crippen molar-refractivity contribution < 1.29 is 18.7 Å². The van der Waals surface area contributed by atoms with E-state index >= 15 is 0 Å². The fourth-order valence-corrected chi connectivity index (χ4v) is 1.03. The van der Waals surface area contributed by atoms with Crippen molar-refractivity contribution >= 4 is 5.97 Å². The van der Waals surface area contributed by atoms with Gasteiger partial charge in [0.25, 0.3) is 0 Å². The summed E-state index contributed by atoms with van der Waals surface area (Å²) in [5, 5.41) is 0. The van der Waals surface area contributed by atoms with Crippen LogP contribution >= 0.6 is 0 Å². The molecule has 1 rings (SSSR count). The van der Waals surface area contributed by atoms with Crippen molar-refractivity contribution in [3.05, 3.63) is 28.3 Å². The number of esters is 1. The Morgan fingerprint density at radius 1 is 1.53 bits per heavy atom. The fourth-order valence-electron chi connectivity index (χ4n) is 1.03. The molecule has 0 aliphatic rings. The second kappa shape index (κ2) is 5.19. The molecule has 0 saturated heterocycles. The Balaban J connectivity index is 2.83. The molecule has 15 heavy (non-hydrogen) atoms. The Hall–Kier alpha value is -1.78. The maximum Gasteiger partial charge on any atom is 0.343 e. The molecule has 0 amide bonds. The molecule has 0 unspecified atom stereocenters. The molecule has 5 nitrogen and oxygen atoms in total. The van der Waals surface area contributed by atoms with Gasteiger partial charge in [-0.3, -0.25) is 4.79 Å². The molecular formula is C10H12O5. The second-order valence-corrected chi connectivity index (χ2v) is 2.76. The van der Waals surface area contributed by atoms with E-state index in [-0.39, 0.29) is 17.8 Å². The van der Waals surface area contributed by atoms with E-state index in [4.69, 9.17) is 9.15 Å². The quantitative estimate of drug-likeness (QED) is 0.689. The standard InChI is InChI=1S/C10H12O5/c1-3-8-10(7(11)4-5-14-8)15-6-9(12)13-2/h4-5H,3,6H2,1-2H3. The van der Waals surface area contributed by atoms with Crippen LogP contribution in [0.25, 0.3) is 0 Å². The van der Waals surface area contributed by atoms with Gasteiger partial charge in [0.2, 0.25) is 11.2 Å². The number of hydrogen-bond donors (Lipinski definition) is 0. The largest absolute Gasteiger partial charge is 0.474 e. The van der Waals surface area contributed by atoms with Crippen LogP contribution in [-0.2, 0) is 16.0 Å². The van der Waals surface area contributed by atoms with Crippen molar-refractivity contribution in [2.24, 2.45) is 0 Å². The summed E-state index contributed by atoms with van der Waals surface area (Å²) < 4.78 is 14.5. The third-order valence-electron chi connectivity index (χ3n) is 1.79. The van der Waals surface area contributed by atoms with Gasteiger partial charge in [0, 0.05) is 12.5 Å². The van der Waals surface area contributed by atoms with Crippen molar-refractivity contribution in [3.8, 4) is 5.75 Å². The molecule has 1 heterocycles. The molecule has 0 aliphatic carbocycles. The molecule has 1 aromatic heterocycles. The van der Waals surface area contributed by atoms with Crippen LogP contribution in [-0.4, -0.2) is 19.7 Å². The first-order chi connectivity index (χ1) is 7.19. The van der Waals surface area contributed by atoms with Gasteiger partial charge in [0.1, 0.15) is 5.76 Å². The average Bonchev–Trinajstić information content (AvgIpc) is 2.26. The van der Waals surface area contributed by atoms with E-state index in [2.05, 4.69) is 4.74 Å². The molecule has 0 fully saturated rings. The summed E-state index contributed by atoms with van der Waals surface area (Å²) in [7, 11) is 1.25. The van der Waals surface area contributed by atoms with Crippen LogP contribution in [0.5, 0.6) is 5.75 Å². The van der Waals surface area contributed by atoms with Crippen LogP contribution in [0.4, 0.5) is 0 Å². The first-order valence-corrected chi connectivity index (χ1v) is 4.49. The van der Waals surface area contributed by atoms with Gasteiger partial charge in [0.15, 0.2) is 6.61 Å². The Labute approximate surface area is 86.6 Å². The highest BCUT2D eigenvalue weighted by Gasteiger charge is 2.11. The number of rotatable bonds is 4. The third-order valence-corrected chi connectivity index (χ3v) is 1.79. The maximum atomic E-state index is 11.4. The molecule has 0 saturated carbocycles. The molecule has 5 heteroatoms. The molecule has 1 aromatic rings. The number of carbonyl (C=O) groups is 1. The number of aryl methyl sites for hydroxylation is 1. The molecule has 82 valence electrons. The van der Waals surface area contributed by atoms with Crippen LogP contribution in [0.2, 0.25) is 0 Å². The van der Waals surface area contributed by atoms with E-state index in [1.807, 2.05) is 6.92 Å². The number of ether oxygens (including phenoxy) is 2. The minimum atomic E-state index is -0.541. The summed E-state index contributed by atoms with van der Waals surface area (Å²) in [6.45, 7) is 1.53. The average molecular weight is 212 g/mol. The summed E-state index contributed by atoms with van der Waals surface area (Å²) in [6, 6.07) is 1.24. The number of carbonyl (C=O) groups excluding carboxylic acids is 1. The summed E-state index contributed by atoms with van der Waals surface area (Å²) in [5.41, 5.74) is -0.304. The summed E-state index contributed by atoms with van der Waals surface area (Å²) in [5.74, 6) is -0.0443. The molecule has 0 aromatic carbocycles. The predicted octanol–water partition coefficient (Wildman–Crippen LogP) is 0.754. The molecular weight excluding hydrogens is 200 g/mol. The van der Waals surface area contributed by atoms with E-state index in [1.54, 1.807) is 0 Å². The molecule has 0 radical (unpaired) electrons. The van der Waals surface area contributed by atoms with Gasteiger partial charge in [-0.2, -0.15) is 0 Å². The van der Waals surface area contributed by atoms with Gasteiger partial charge >= 0.3 is 5.97 Å². The summed E-state index contributed by atoms with van der Waals surface area (Å²) >= 11 is 0. The van der Waals surface area contributed by atoms with Gasteiger partial charge < -0.3 is 13.9 Å². The Morgan fingerprint density at radius 2 is 2.27 bits per heavy atom. The first kappa shape index (κ1) is 11.3. The smallest absolute Gasteiger partial charge is 0.343 e. The zero-order valence-electron chi connectivity index (χ0n) is 8.61. The lowest BCUT2D eigenvalue weighted by Crippen LogP contribution is -2.17. The van der Waals surface area contributed by atoms with Gasteiger partial charge in [-0.15, -0.1) is 0 Å². The van der Waals surface area contributed by atoms with Gasteiger partial charge in [-0.1, -0.05) is 6.92 Å². The number of methoxy groups -OCH3 is 1. The normalized spacial score (nSPS) is 9.73. The van der Waals surface area contributed by atoms with E-state index < -0.39 is 5.97 Å². The van der Waals surface area contributed by atoms with Crippen molar-refractivity contribution in [1.82, 2.24) is 0 Å². The minimum absolute atomic E-state index is 0.0744. The van der Waals surface area contributed by atoms with Crippen LogP contribution in [0, 0.1) is 0 Å². The third kappa shape index (κ3) is 2.83. The van der Waals surface area contributed by atoms with Crippen LogP contribution in [0.1, 0.15) is 12.7 Å². The summed E-state index contributed by atoms with van der Waals surface area (Å²) in [6.07, 6.45) is 1.82. The van der Waals surface area contributed by atoms with Crippen molar-refractivity contribution in [2.45, 2.75) is 13.3 Å². The highest BCUT2D eigenvalue weighted by molar-refractivity contribution is 5.70. The van der Waals surface area contributed by atoms with Crippen LogP contribution in [0.3, 0.4) is 0 Å². The molecule has 0 N–H and O–H groups in total. The Bertz CT molecular complexity index is 393. The van der Waals surface area contributed by atoms with E-state index in [0.29, 0.717) is 12.2 Å². The zero-order chi connectivity index (χ0) is 11.3. The SMILES string of the molecule is CCc1occc(=O)c1OCC(=O)OC. The highest BCUT2D eigenvalue weighted by atomic mass is 16.6. The van der Waals surface area contributed by atoms with E-state index in [9.17, 15) is 9.59 Å². The molecule has 0 bridgehead atoms. The second-order valence-electron chi connectivity index (χ2n) is 2.76. The van der Waals surface area contributed by atoms with E-state index in [0.717, 1.165) is 0 Å². The zero-order valence-corrected chi connectivity index (χ0v) is 8.61. The minimum Gasteiger partial charge on any atom is -0.474 e. The Morgan fingerprint density at radius 3 is 2.87 bits per heavy atom. The molecule has 0 aliphatic heterocycles. The fraction of sp³-hybridized carbons (Fsp3) is 0.400. The van der Waals surface area contributed by atoms with Crippen molar-refractivity contribution in [1.29, 1.82) is 0 Å². The highest BCUT2D eigenvalue weighted by Crippen LogP contribution is 2.12. The van der Waals surface area contributed by atoms with Gasteiger partial charge in [-0.05, 0) is 0 Å². The van der Waals surface area contributed by atoms with E-state index in [1.165, 1.54) is 19.4 Å². The van der Waals surface area contributed by atoms with Gasteiger partial charge in [0.05, 0.1) is 13.4 Å². The maximum absolute atomic E-state index is 11.4. The lowest BCUT2D eigenvalue weighted by atomic mass is 10.3. The van der Waals surface area contributed by atoms with Crippen molar-refractivity contribution in [2.75, 3.05) is 13.7 Å². The predicted molar refractivity (Wildman–Crippen MR) is 51.9 cm³/mol. The molecule has 0 spiro atoms. The first-order valence-electron chi connectivity index (χ1n) is 4.49.